The Hall–Kier alpha value is -1.38. The largest absolute Gasteiger partial charge is 0.467 e. The van der Waals surface area contributed by atoms with E-state index < -0.39 is 8.07 Å². The van der Waals surface area contributed by atoms with Crippen LogP contribution in [0.15, 0.2) is 31.1 Å². The molecule has 2 heterocycles. The number of hydrogen-bond donors (Lipinski definition) is 0. The molecule has 1 aromatic heterocycles. The molecule has 2 aromatic rings. The summed E-state index contributed by atoms with van der Waals surface area (Å²) in [4.78, 5) is 2.90. The van der Waals surface area contributed by atoms with Gasteiger partial charge in [0.1, 0.15) is 5.75 Å². The summed E-state index contributed by atoms with van der Waals surface area (Å²) in [5, 5.41) is 5.26. The van der Waals surface area contributed by atoms with Crippen LogP contribution in [0.1, 0.15) is 17.9 Å². The standard InChI is InChI=1S/C21H27Cl2N3O2SSi/c1-5-25-13-16(11-24-25)26-12-15(10-19(26)29)20-18(7-6-17(22)21(20)23)28-14-27-8-9-30(2,3)4/h5-7,11,13,15H,1,8-10,12,14H2,2-4H3/t15-/m0/s1. The van der Waals surface area contributed by atoms with Crippen LogP contribution in [0.3, 0.4) is 0 Å². The van der Waals surface area contributed by atoms with Gasteiger partial charge in [0.05, 0.1) is 33.1 Å². The number of ether oxygens (including phenoxy) is 2. The Morgan fingerprint density at radius 2 is 2.10 bits per heavy atom. The van der Waals surface area contributed by atoms with Crippen molar-refractivity contribution in [3.63, 3.8) is 0 Å². The second kappa shape index (κ2) is 9.83. The highest BCUT2D eigenvalue weighted by atomic mass is 35.5. The summed E-state index contributed by atoms with van der Waals surface area (Å²) >= 11 is 18.6. The Bertz CT molecular complexity index is 929. The van der Waals surface area contributed by atoms with E-state index in [1.54, 1.807) is 23.1 Å². The van der Waals surface area contributed by atoms with Gasteiger partial charge >= 0.3 is 0 Å². The number of benzene rings is 1. The molecule has 5 nitrogen and oxygen atoms in total. The van der Waals surface area contributed by atoms with Gasteiger partial charge in [-0.2, -0.15) is 5.10 Å². The van der Waals surface area contributed by atoms with Gasteiger partial charge in [-0.1, -0.05) is 61.6 Å². The van der Waals surface area contributed by atoms with Gasteiger partial charge in [-0.25, -0.2) is 4.68 Å². The van der Waals surface area contributed by atoms with E-state index >= 15 is 0 Å². The van der Waals surface area contributed by atoms with Crippen LogP contribution < -0.4 is 9.64 Å². The van der Waals surface area contributed by atoms with E-state index in [-0.39, 0.29) is 12.7 Å². The van der Waals surface area contributed by atoms with Crippen LogP contribution in [0.4, 0.5) is 5.69 Å². The fraction of sp³-hybridized carbons (Fsp3) is 0.429. The molecular formula is C21H27Cl2N3O2SSi. The molecule has 0 N–H and O–H groups in total. The van der Waals surface area contributed by atoms with Gasteiger partial charge in [0, 0.05) is 45.3 Å². The monoisotopic (exact) mass is 483 g/mol. The molecule has 9 heteroatoms. The van der Waals surface area contributed by atoms with Crippen LogP contribution in [-0.2, 0) is 4.74 Å². The molecule has 3 rings (SSSR count). The first kappa shape index (κ1) is 23.3. The van der Waals surface area contributed by atoms with E-state index in [1.165, 1.54) is 0 Å². The molecule has 0 unspecified atom stereocenters. The first-order valence-electron chi connectivity index (χ1n) is 9.85. The fourth-order valence-electron chi connectivity index (χ4n) is 3.32. The van der Waals surface area contributed by atoms with Crippen molar-refractivity contribution in [2.75, 3.05) is 24.8 Å². The smallest absolute Gasteiger partial charge is 0.189 e. The van der Waals surface area contributed by atoms with Crippen molar-refractivity contribution in [1.29, 1.82) is 0 Å². The number of nitrogens with zero attached hydrogens (tertiary/aromatic N) is 3. The quantitative estimate of drug-likeness (QED) is 0.181. The molecule has 30 heavy (non-hydrogen) atoms. The molecule has 1 saturated heterocycles. The average molecular weight is 485 g/mol. The topological polar surface area (TPSA) is 39.5 Å². The molecule has 0 radical (unpaired) electrons. The predicted octanol–water partition coefficient (Wildman–Crippen LogP) is 6.30. The molecule has 1 aliphatic rings. The van der Waals surface area contributed by atoms with E-state index in [9.17, 15) is 0 Å². The van der Waals surface area contributed by atoms with Gasteiger partial charge in [0.2, 0.25) is 0 Å². The van der Waals surface area contributed by atoms with Crippen LogP contribution in [-0.4, -0.2) is 42.8 Å². The fourth-order valence-corrected chi connectivity index (χ4v) is 4.93. The number of rotatable bonds is 9. The minimum absolute atomic E-state index is 0.0627. The summed E-state index contributed by atoms with van der Waals surface area (Å²) in [7, 11) is -1.14. The van der Waals surface area contributed by atoms with Crippen molar-refractivity contribution in [1.82, 2.24) is 9.78 Å². The van der Waals surface area contributed by atoms with Crippen molar-refractivity contribution in [3.8, 4) is 5.75 Å². The Balaban J connectivity index is 1.73. The van der Waals surface area contributed by atoms with Crippen LogP contribution in [0.25, 0.3) is 6.20 Å². The molecule has 0 amide bonds. The van der Waals surface area contributed by atoms with Gasteiger partial charge in [-0.3, -0.25) is 0 Å². The third kappa shape index (κ3) is 5.65. The second-order valence-corrected chi connectivity index (χ2v) is 15.4. The highest BCUT2D eigenvalue weighted by molar-refractivity contribution is 7.80. The molecule has 0 aliphatic carbocycles. The van der Waals surface area contributed by atoms with E-state index in [0.717, 1.165) is 22.3 Å². The molecule has 1 aliphatic heterocycles. The number of hydrogen-bond acceptors (Lipinski definition) is 4. The molecule has 0 spiro atoms. The van der Waals surface area contributed by atoms with E-state index in [4.69, 9.17) is 44.9 Å². The minimum atomic E-state index is -1.14. The maximum atomic E-state index is 6.61. The number of aromatic nitrogens is 2. The maximum absolute atomic E-state index is 6.61. The normalized spacial score (nSPS) is 16.9. The third-order valence-corrected chi connectivity index (χ3v) is 7.92. The number of halogens is 2. The lowest BCUT2D eigenvalue weighted by Gasteiger charge is -2.20. The molecule has 1 atom stereocenters. The zero-order chi connectivity index (χ0) is 21.9. The summed E-state index contributed by atoms with van der Waals surface area (Å²) in [6.45, 7) is 12.2. The van der Waals surface area contributed by atoms with Crippen molar-refractivity contribution < 1.29 is 9.47 Å². The molecule has 1 aromatic carbocycles. The van der Waals surface area contributed by atoms with Gasteiger partial charge in [0.15, 0.2) is 6.79 Å². The van der Waals surface area contributed by atoms with Crippen molar-refractivity contribution in [2.24, 2.45) is 0 Å². The first-order chi connectivity index (χ1) is 14.2. The molecule has 1 fully saturated rings. The predicted molar refractivity (Wildman–Crippen MR) is 132 cm³/mol. The summed E-state index contributed by atoms with van der Waals surface area (Å²) in [6, 6.07) is 4.70. The van der Waals surface area contributed by atoms with Crippen molar-refractivity contribution >= 4 is 60.4 Å². The zero-order valence-electron chi connectivity index (χ0n) is 17.5. The highest BCUT2D eigenvalue weighted by Gasteiger charge is 2.33. The highest BCUT2D eigenvalue weighted by Crippen LogP contribution is 2.43. The number of thiocarbonyl (C=S) groups is 1. The Morgan fingerprint density at radius 3 is 2.77 bits per heavy atom. The van der Waals surface area contributed by atoms with Gasteiger partial charge < -0.3 is 14.4 Å². The lowest BCUT2D eigenvalue weighted by Crippen LogP contribution is -2.23. The van der Waals surface area contributed by atoms with Crippen LogP contribution in [0.5, 0.6) is 5.75 Å². The van der Waals surface area contributed by atoms with Crippen LogP contribution in [0.2, 0.25) is 35.7 Å². The van der Waals surface area contributed by atoms with E-state index in [1.807, 2.05) is 12.3 Å². The van der Waals surface area contributed by atoms with Gasteiger partial charge in [-0.15, -0.1) is 0 Å². The minimum Gasteiger partial charge on any atom is -0.467 e. The van der Waals surface area contributed by atoms with Crippen LogP contribution >= 0.6 is 35.4 Å². The van der Waals surface area contributed by atoms with Gasteiger partial charge in [-0.05, 0) is 18.2 Å². The lowest BCUT2D eigenvalue weighted by molar-refractivity contribution is 0.0213. The Kier molecular flexibility index (Phi) is 7.63. The average Bonchev–Trinajstić information content (AvgIpc) is 3.29. The third-order valence-electron chi connectivity index (χ3n) is 5.01. The SMILES string of the molecule is C=Cn1cc(N2C[C@@H](c3c(OCOCC[Si](C)(C)C)ccc(Cl)c3Cl)CC2=S)cn1. The molecule has 0 saturated carbocycles. The van der Waals surface area contributed by atoms with E-state index in [0.29, 0.717) is 35.4 Å². The molecule has 162 valence electrons. The summed E-state index contributed by atoms with van der Waals surface area (Å²) in [5.41, 5.74) is 1.80. The summed E-state index contributed by atoms with van der Waals surface area (Å²) < 4.78 is 13.3. The zero-order valence-corrected chi connectivity index (χ0v) is 20.9. The second-order valence-electron chi connectivity index (χ2n) is 8.52. The summed E-state index contributed by atoms with van der Waals surface area (Å²) in [6.07, 6.45) is 5.99. The van der Waals surface area contributed by atoms with Crippen molar-refractivity contribution in [3.05, 3.63) is 46.7 Å². The van der Waals surface area contributed by atoms with E-state index in [2.05, 4.69) is 36.2 Å². The van der Waals surface area contributed by atoms with Gasteiger partial charge in [0.25, 0.3) is 0 Å². The first-order valence-corrected chi connectivity index (χ1v) is 14.7. The number of anilines is 1. The van der Waals surface area contributed by atoms with Crippen LogP contribution in [0, 0.1) is 0 Å². The summed E-state index contributed by atoms with van der Waals surface area (Å²) in [5.74, 6) is 0.751. The van der Waals surface area contributed by atoms with Crippen molar-refractivity contribution in [2.45, 2.75) is 38.0 Å². The Morgan fingerprint density at radius 1 is 1.33 bits per heavy atom. The Labute approximate surface area is 194 Å². The maximum Gasteiger partial charge on any atom is 0.189 e. The molecule has 0 bridgehead atoms. The molecular weight excluding hydrogens is 457 g/mol. The lowest BCUT2D eigenvalue weighted by atomic mass is 9.97.